The van der Waals surface area contributed by atoms with Crippen LogP contribution >= 0.6 is 0 Å². The molecule has 0 radical (unpaired) electrons. The minimum absolute atomic E-state index is 0.0253. The molecule has 0 saturated carbocycles. The molecule has 208 valence electrons. The minimum atomic E-state index is -4.45. The van der Waals surface area contributed by atoms with Crippen molar-refractivity contribution in [1.82, 2.24) is 19.1 Å². The zero-order valence-corrected chi connectivity index (χ0v) is 22.5. The lowest BCUT2D eigenvalue weighted by Gasteiger charge is -2.36. The average molecular weight is 554 g/mol. The van der Waals surface area contributed by atoms with Gasteiger partial charge in [0.1, 0.15) is 5.82 Å². The van der Waals surface area contributed by atoms with E-state index in [9.17, 15) is 26.4 Å². The van der Waals surface area contributed by atoms with Crippen molar-refractivity contribution in [3.63, 3.8) is 0 Å². The van der Waals surface area contributed by atoms with Gasteiger partial charge in [-0.25, -0.2) is 17.7 Å². The van der Waals surface area contributed by atoms with Crippen molar-refractivity contribution in [3.8, 4) is 0 Å². The van der Waals surface area contributed by atoms with Crippen LogP contribution in [-0.2, 0) is 22.6 Å². The monoisotopic (exact) mass is 553 g/mol. The molecule has 2 aromatic rings. The summed E-state index contributed by atoms with van der Waals surface area (Å²) in [5.41, 5.74) is 0.755. The number of sulfonamides is 1. The van der Waals surface area contributed by atoms with Crippen molar-refractivity contribution in [2.45, 2.75) is 44.3 Å². The number of alkyl halides is 3. The van der Waals surface area contributed by atoms with Crippen molar-refractivity contribution in [2.24, 2.45) is 0 Å². The minimum Gasteiger partial charge on any atom is -0.340 e. The summed E-state index contributed by atoms with van der Waals surface area (Å²) in [5.74, 6) is 0.305. The van der Waals surface area contributed by atoms with Gasteiger partial charge in [-0.2, -0.15) is 13.2 Å². The van der Waals surface area contributed by atoms with E-state index >= 15 is 0 Å². The Kier molecular flexibility index (Phi) is 8.63. The predicted molar refractivity (Wildman–Crippen MR) is 140 cm³/mol. The Morgan fingerprint density at radius 2 is 1.87 bits per heavy atom. The first kappa shape index (κ1) is 28.3. The number of carbonyl (C=O) groups excluding carboxylic acids is 1. The Morgan fingerprint density at radius 1 is 1.13 bits per heavy atom. The second-order valence-corrected chi connectivity index (χ2v) is 12.0. The van der Waals surface area contributed by atoms with Gasteiger partial charge in [0, 0.05) is 49.2 Å². The van der Waals surface area contributed by atoms with Gasteiger partial charge >= 0.3 is 6.18 Å². The number of anilines is 2. The highest BCUT2D eigenvalue weighted by Crippen LogP contribution is 2.32. The summed E-state index contributed by atoms with van der Waals surface area (Å²) in [5, 5.41) is 2.98. The number of nitrogens with zero attached hydrogens (tertiary/aromatic N) is 4. The van der Waals surface area contributed by atoms with Gasteiger partial charge in [0.15, 0.2) is 0 Å². The molecule has 0 atom stereocenters. The van der Waals surface area contributed by atoms with E-state index in [1.54, 1.807) is 19.2 Å². The molecule has 1 saturated heterocycles. The molecule has 0 bridgehead atoms. The highest BCUT2D eigenvalue weighted by molar-refractivity contribution is 7.88. The van der Waals surface area contributed by atoms with Crippen molar-refractivity contribution >= 4 is 27.4 Å². The SMILES string of the molecule is CN(C1CCN(CCCN2CCCc3c(ccnc3Nc3cccc(C(F)(F)F)c3)C2=O)CC1)S(C)(=O)=O. The summed E-state index contributed by atoms with van der Waals surface area (Å²) in [7, 11) is -1.56. The number of piperidine rings is 1. The van der Waals surface area contributed by atoms with Crippen molar-refractivity contribution in [1.29, 1.82) is 0 Å². The maximum atomic E-state index is 13.4. The fraction of sp³-hybridized carbons (Fsp3) is 0.538. The summed E-state index contributed by atoms with van der Waals surface area (Å²) in [6.07, 6.45) is 1.98. The number of carbonyl (C=O) groups is 1. The molecular weight excluding hydrogens is 519 g/mol. The molecule has 1 N–H and O–H groups in total. The van der Waals surface area contributed by atoms with E-state index in [4.69, 9.17) is 0 Å². The van der Waals surface area contributed by atoms with Crippen molar-refractivity contribution in [2.75, 3.05) is 51.3 Å². The number of aromatic nitrogens is 1. The maximum absolute atomic E-state index is 13.4. The van der Waals surface area contributed by atoms with Crippen molar-refractivity contribution in [3.05, 3.63) is 53.2 Å². The van der Waals surface area contributed by atoms with Gasteiger partial charge in [-0.1, -0.05) is 6.07 Å². The third kappa shape index (κ3) is 6.83. The molecule has 1 aromatic carbocycles. The highest BCUT2D eigenvalue weighted by atomic mass is 32.2. The fourth-order valence-electron chi connectivity index (χ4n) is 5.16. The van der Waals surface area contributed by atoms with E-state index in [2.05, 4.69) is 15.2 Å². The molecule has 3 heterocycles. The average Bonchev–Trinajstić information content (AvgIpc) is 3.02. The Balaban J connectivity index is 1.35. The van der Waals surface area contributed by atoms with Crippen LogP contribution in [-0.4, -0.2) is 85.5 Å². The zero-order valence-electron chi connectivity index (χ0n) is 21.7. The standard InChI is InChI=1S/C26H34F3N5O3S/c1-32(38(2,36)37)21-10-16-33(17-11-21)13-5-15-34-14-4-8-22-23(25(34)35)9-12-30-24(22)31-20-7-3-6-19(18-20)26(27,28)29/h3,6-7,9,12,18,21H,4-5,8,10-11,13-17H2,1-2H3,(H,30,31). The number of fused-ring (bicyclic) bond motifs is 1. The van der Waals surface area contributed by atoms with E-state index in [0.29, 0.717) is 30.9 Å². The second kappa shape index (κ2) is 11.6. The zero-order chi connectivity index (χ0) is 27.5. The Bertz CT molecular complexity index is 1250. The normalized spacial score (nSPS) is 17.9. The first-order valence-electron chi connectivity index (χ1n) is 12.8. The lowest BCUT2D eigenvalue weighted by molar-refractivity contribution is -0.137. The van der Waals surface area contributed by atoms with Crippen LogP contribution in [0.3, 0.4) is 0 Å². The van der Waals surface area contributed by atoms with Crippen molar-refractivity contribution < 1.29 is 26.4 Å². The molecule has 4 rings (SSSR count). The van der Waals surface area contributed by atoms with Gasteiger partial charge in [-0.15, -0.1) is 0 Å². The number of halogens is 3. The molecule has 12 heteroatoms. The number of amides is 1. The number of rotatable bonds is 8. The molecule has 1 aromatic heterocycles. The summed E-state index contributed by atoms with van der Waals surface area (Å²) in [4.78, 5) is 21.8. The first-order chi connectivity index (χ1) is 17.9. The smallest absolute Gasteiger partial charge is 0.340 e. The van der Waals surface area contributed by atoms with Crippen LogP contribution in [0.15, 0.2) is 36.5 Å². The van der Waals surface area contributed by atoms with Gasteiger partial charge in [-0.05, 0) is 76.0 Å². The van der Waals surface area contributed by atoms with Crippen LogP contribution in [0.5, 0.6) is 0 Å². The molecule has 1 amide bonds. The fourth-order valence-corrected chi connectivity index (χ4v) is 5.91. The molecule has 2 aliphatic rings. The van der Waals surface area contributed by atoms with E-state index in [1.807, 2.05) is 4.90 Å². The molecule has 0 aliphatic carbocycles. The molecule has 0 unspecified atom stereocenters. The largest absolute Gasteiger partial charge is 0.416 e. The lowest BCUT2D eigenvalue weighted by Crippen LogP contribution is -2.45. The molecule has 2 aliphatic heterocycles. The molecule has 1 fully saturated rings. The number of benzene rings is 1. The molecular formula is C26H34F3N5O3S. The van der Waals surface area contributed by atoms with Gasteiger partial charge in [0.25, 0.3) is 5.91 Å². The predicted octanol–water partition coefficient (Wildman–Crippen LogP) is 3.98. The number of likely N-dealkylation sites (tertiary alicyclic amines) is 1. The summed E-state index contributed by atoms with van der Waals surface area (Å²) >= 11 is 0. The Labute approximate surface area is 221 Å². The number of nitrogens with one attached hydrogen (secondary N) is 1. The van der Waals surface area contributed by atoms with Crippen LogP contribution in [0.25, 0.3) is 0 Å². The highest BCUT2D eigenvalue weighted by Gasteiger charge is 2.31. The van der Waals surface area contributed by atoms with Gasteiger partial charge < -0.3 is 15.1 Å². The van der Waals surface area contributed by atoms with Crippen LogP contribution in [0, 0.1) is 0 Å². The summed E-state index contributed by atoms with van der Waals surface area (Å²) in [6, 6.07) is 6.64. The van der Waals surface area contributed by atoms with E-state index in [1.165, 1.54) is 22.8 Å². The molecule has 0 spiro atoms. The van der Waals surface area contributed by atoms with Crippen LogP contribution in [0.2, 0.25) is 0 Å². The van der Waals surface area contributed by atoms with E-state index < -0.39 is 21.8 Å². The summed E-state index contributed by atoms with van der Waals surface area (Å²) < 4.78 is 64.4. The molecule has 38 heavy (non-hydrogen) atoms. The second-order valence-electron chi connectivity index (χ2n) is 9.99. The third-order valence-electron chi connectivity index (χ3n) is 7.38. The van der Waals surface area contributed by atoms with Crippen LogP contribution in [0.1, 0.15) is 47.2 Å². The summed E-state index contributed by atoms with van der Waals surface area (Å²) in [6.45, 7) is 3.65. The van der Waals surface area contributed by atoms with Gasteiger partial charge in [0.05, 0.1) is 11.8 Å². The lowest BCUT2D eigenvalue weighted by atomic mass is 10.0. The number of hydrogen-bond donors (Lipinski definition) is 1. The van der Waals surface area contributed by atoms with Gasteiger partial charge in [-0.3, -0.25) is 4.79 Å². The van der Waals surface area contributed by atoms with Gasteiger partial charge in [0.2, 0.25) is 10.0 Å². The first-order valence-corrected chi connectivity index (χ1v) is 14.6. The Morgan fingerprint density at radius 3 is 2.55 bits per heavy atom. The number of hydrogen-bond acceptors (Lipinski definition) is 6. The quantitative estimate of drug-likeness (QED) is 0.533. The van der Waals surface area contributed by atoms with E-state index in [0.717, 1.165) is 63.0 Å². The van der Waals surface area contributed by atoms with Crippen LogP contribution < -0.4 is 5.32 Å². The van der Waals surface area contributed by atoms with E-state index in [-0.39, 0.29) is 17.6 Å². The maximum Gasteiger partial charge on any atom is 0.416 e. The number of pyridine rings is 1. The van der Waals surface area contributed by atoms with Crippen LogP contribution in [0.4, 0.5) is 24.7 Å². The third-order valence-corrected chi connectivity index (χ3v) is 8.72. The Hall–Kier alpha value is -2.70. The topological polar surface area (TPSA) is 85.8 Å². The molecule has 8 nitrogen and oxygen atoms in total.